The van der Waals surface area contributed by atoms with E-state index in [0.717, 1.165) is 0 Å². The van der Waals surface area contributed by atoms with Crippen molar-refractivity contribution < 1.29 is 0 Å². The Labute approximate surface area is 162 Å². The average Bonchev–Trinajstić information content (AvgIpc) is 3.26. The van der Waals surface area contributed by atoms with Gasteiger partial charge in [-0.15, -0.1) is 0 Å². The molecule has 27 heavy (non-hydrogen) atoms. The molecule has 0 aliphatic heterocycles. The van der Waals surface area contributed by atoms with Crippen LogP contribution in [0, 0.1) is 0 Å². The first-order chi connectivity index (χ1) is 13.1. The Kier molecular flexibility index (Phi) is 5.80. The third kappa shape index (κ3) is 3.56. The molecule has 0 saturated heterocycles. The van der Waals surface area contributed by atoms with Gasteiger partial charge in [-0.3, -0.25) is 9.97 Å². The van der Waals surface area contributed by atoms with Gasteiger partial charge >= 0.3 is 0 Å². The molecule has 4 aromatic rings. The molecular weight excluding hydrogens is 348 g/mol. The molecule has 4 nitrogen and oxygen atoms in total. The minimum absolute atomic E-state index is 1.20. The molecule has 0 fully saturated rings. The number of pyridine rings is 2. The number of rotatable bonds is 4. The van der Waals surface area contributed by atoms with Crippen LogP contribution in [-0.2, 0) is 14.1 Å². The quantitative estimate of drug-likeness (QED) is 0.475. The third-order valence-corrected chi connectivity index (χ3v) is 11.7. The van der Waals surface area contributed by atoms with Crippen LogP contribution < -0.4 is 5.32 Å². The molecule has 0 unspecified atom stereocenters. The summed E-state index contributed by atoms with van der Waals surface area (Å²) in [6.45, 7) is 7.07. The van der Waals surface area contributed by atoms with Crippen molar-refractivity contribution >= 4 is 35.2 Å². The van der Waals surface area contributed by atoms with Gasteiger partial charge in [0, 0.05) is 61.2 Å². The fourth-order valence-electron chi connectivity index (χ4n) is 4.11. The van der Waals surface area contributed by atoms with E-state index in [1.54, 1.807) is 5.32 Å². The summed E-state index contributed by atoms with van der Waals surface area (Å²) < 4.78 is 4.48. The molecule has 0 saturated carbocycles. The lowest BCUT2D eigenvalue weighted by atomic mass is 10.3. The second-order valence-electron chi connectivity index (χ2n) is 7.23. The van der Waals surface area contributed by atoms with Gasteiger partial charge in [0.2, 0.25) is 0 Å². The summed E-state index contributed by atoms with van der Waals surface area (Å²) in [5, 5.41) is 4.08. The van der Waals surface area contributed by atoms with Gasteiger partial charge in [-0.2, -0.15) is 0 Å². The Hall–Kier alpha value is -2.40. The first-order valence-electron chi connectivity index (χ1n) is 9.81. The zero-order valence-electron chi connectivity index (χ0n) is 17.1. The highest BCUT2D eigenvalue weighted by atomic mass is 28.3. The van der Waals surface area contributed by atoms with Crippen molar-refractivity contribution in [1.82, 2.24) is 19.1 Å². The smallest absolute Gasteiger partial charge is 0.107 e. The minimum Gasteiger partial charge on any atom is -0.352 e. The van der Waals surface area contributed by atoms with Crippen LogP contribution in [0.3, 0.4) is 0 Å². The Balaban J connectivity index is 0.000000177. The topological polar surface area (TPSA) is 35.6 Å². The van der Waals surface area contributed by atoms with Gasteiger partial charge in [-0.1, -0.05) is 38.9 Å². The highest BCUT2D eigenvalue weighted by Crippen LogP contribution is 2.23. The highest BCUT2D eigenvalue weighted by molar-refractivity contribution is 6.91. The van der Waals surface area contributed by atoms with Gasteiger partial charge in [0.15, 0.2) is 0 Å². The summed E-state index contributed by atoms with van der Waals surface area (Å²) in [7, 11) is 2.95. The zero-order valence-corrected chi connectivity index (χ0v) is 18.1. The van der Waals surface area contributed by atoms with E-state index >= 15 is 0 Å². The molecular formula is C22H30N4Si. The SMILES string of the molecule is CC[Si](CC)(CC)c1cc2cnccc2n1C.Cn1ccc2cnccc21. The average molecular weight is 379 g/mol. The van der Waals surface area contributed by atoms with E-state index in [2.05, 4.69) is 65.1 Å². The molecule has 5 heteroatoms. The Morgan fingerprint density at radius 2 is 1.41 bits per heavy atom. The lowest BCUT2D eigenvalue weighted by Crippen LogP contribution is -2.48. The van der Waals surface area contributed by atoms with Crippen LogP contribution in [0.2, 0.25) is 18.1 Å². The first-order valence-corrected chi connectivity index (χ1v) is 12.4. The van der Waals surface area contributed by atoms with E-state index in [9.17, 15) is 0 Å². The largest absolute Gasteiger partial charge is 0.352 e. The Bertz CT molecular complexity index is 1020. The van der Waals surface area contributed by atoms with Crippen molar-refractivity contribution in [1.29, 1.82) is 0 Å². The normalized spacial score (nSPS) is 11.6. The third-order valence-electron chi connectivity index (χ3n) is 6.10. The van der Waals surface area contributed by atoms with Gasteiger partial charge in [-0.05, 0) is 24.3 Å². The monoisotopic (exact) mass is 378 g/mol. The van der Waals surface area contributed by atoms with E-state index < -0.39 is 8.07 Å². The molecule has 4 heterocycles. The number of aromatic nitrogens is 4. The fourth-order valence-corrected chi connectivity index (χ4v) is 7.99. The molecule has 0 aliphatic rings. The molecule has 0 atom stereocenters. The number of nitrogens with zero attached hydrogens (tertiary/aromatic N) is 4. The maximum atomic E-state index is 4.23. The predicted molar refractivity (Wildman–Crippen MR) is 118 cm³/mol. The summed E-state index contributed by atoms with van der Waals surface area (Å²) in [5.74, 6) is 0. The highest BCUT2D eigenvalue weighted by Gasteiger charge is 2.32. The summed E-state index contributed by atoms with van der Waals surface area (Å²) in [6.07, 6.45) is 9.59. The van der Waals surface area contributed by atoms with Crippen molar-refractivity contribution in [3.63, 3.8) is 0 Å². The van der Waals surface area contributed by atoms with Crippen molar-refractivity contribution in [3.05, 3.63) is 55.2 Å². The van der Waals surface area contributed by atoms with E-state index in [-0.39, 0.29) is 0 Å². The minimum atomic E-state index is -1.29. The van der Waals surface area contributed by atoms with E-state index in [1.165, 1.54) is 39.9 Å². The Morgan fingerprint density at radius 1 is 0.815 bits per heavy atom. The van der Waals surface area contributed by atoms with Crippen LogP contribution in [0.1, 0.15) is 20.8 Å². The lowest BCUT2D eigenvalue weighted by Gasteiger charge is -2.28. The molecule has 0 bridgehead atoms. The van der Waals surface area contributed by atoms with Gasteiger partial charge in [0.05, 0.1) is 11.0 Å². The standard InChI is InChI=1S/C14H22N2Si.C8H8N2/c1-5-17(6-2,7-3)14-10-12-11-15-9-8-13(12)16(14)4;1-10-5-3-7-6-9-4-2-8(7)10/h8-11H,5-7H2,1-4H3;2-6H,1H3. The molecule has 0 radical (unpaired) electrons. The summed E-state index contributed by atoms with van der Waals surface area (Å²) >= 11 is 0. The molecule has 0 amide bonds. The van der Waals surface area contributed by atoms with Crippen molar-refractivity contribution in [2.75, 3.05) is 0 Å². The van der Waals surface area contributed by atoms with Gasteiger partial charge < -0.3 is 9.13 Å². The number of fused-ring (bicyclic) bond motifs is 2. The zero-order chi connectivity index (χ0) is 19.4. The van der Waals surface area contributed by atoms with Gasteiger partial charge in [0.25, 0.3) is 0 Å². The van der Waals surface area contributed by atoms with Crippen LogP contribution in [0.5, 0.6) is 0 Å². The maximum absolute atomic E-state index is 4.23. The lowest BCUT2D eigenvalue weighted by molar-refractivity contribution is 0.968. The summed E-state index contributed by atoms with van der Waals surface area (Å²) in [6, 6.07) is 12.6. The molecule has 0 aliphatic carbocycles. The van der Waals surface area contributed by atoms with Gasteiger partial charge in [-0.25, -0.2) is 0 Å². The second kappa shape index (κ2) is 8.09. The second-order valence-corrected chi connectivity index (χ2v) is 12.4. The van der Waals surface area contributed by atoms with Crippen LogP contribution in [0.25, 0.3) is 21.8 Å². The summed E-state index contributed by atoms with van der Waals surface area (Å²) in [5.41, 5.74) is 2.55. The van der Waals surface area contributed by atoms with Crippen LogP contribution in [0.15, 0.2) is 55.2 Å². The molecule has 4 rings (SSSR count). The fraction of sp³-hybridized carbons (Fsp3) is 0.364. The number of hydrogen-bond donors (Lipinski definition) is 0. The van der Waals surface area contributed by atoms with Crippen LogP contribution in [-0.4, -0.2) is 27.2 Å². The van der Waals surface area contributed by atoms with Crippen molar-refractivity contribution in [3.8, 4) is 0 Å². The Morgan fingerprint density at radius 3 is 1.96 bits per heavy atom. The first kappa shape index (κ1) is 19.4. The number of aryl methyl sites for hydroxylation is 2. The molecule has 142 valence electrons. The van der Waals surface area contributed by atoms with E-state index in [0.29, 0.717) is 0 Å². The van der Waals surface area contributed by atoms with E-state index in [1.807, 2.05) is 44.1 Å². The molecule has 0 spiro atoms. The molecule has 4 aromatic heterocycles. The molecule has 0 aromatic carbocycles. The number of hydrogen-bond acceptors (Lipinski definition) is 2. The maximum Gasteiger partial charge on any atom is 0.107 e. The van der Waals surface area contributed by atoms with Crippen LogP contribution >= 0.6 is 0 Å². The molecule has 0 N–H and O–H groups in total. The predicted octanol–water partition coefficient (Wildman–Crippen LogP) is 4.86. The summed E-state index contributed by atoms with van der Waals surface area (Å²) in [4.78, 5) is 8.24. The van der Waals surface area contributed by atoms with Crippen molar-refractivity contribution in [2.45, 2.75) is 38.9 Å². The van der Waals surface area contributed by atoms with Gasteiger partial charge in [0.1, 0.15) is 8.07 Å². The van der Waals surface area contributed by atoms with Crippen molar-refractivity contribution in [2.24, 2.45) is 14.1 Å². The van der Waals surface area contributed by atoms with E-state index in [4.69, 9.17) is 0 Å². The van der Waals surface area contributed by atoms with Crippen LogP contribution in [0.4, 0.5) is 0 Å².